The molecule has 2 aliphatic rings. The van der Waals surface area contributed by atoms with E-state index in [0.717, 1.165) is 73.2 Å². The van der Waals surface area contributed by atoms with Crippen LogP contribution in [-0.2, 0) is 4.79 Å². The smallest absolute Gasteiger partial charge is 0.134 e. The predicted molar refractivity (Wildman–Crippen MR) is 143 cm³/mol. The number of benzene rings is 2. The Labute approximate surface area is 206 Å². The van der Waals surface area contributed by atoms with Crippen LogP contribution in [-0.4, -0.2) is 47.1 Å². The Morgan fingerprint density at radius 2 is 1.91 bits per heavy atom. The number of nitrogens with two attached hydrogens (primary N) is 1. The molecule has 0 spiro atoms. The fourth-order valence-electron chi connectivity index (χ4n) is 4.93. The molecule has 3 aromatic rings. The zero-order chi connectivity index (χ0) is 24.0. The first-order chi connectivity index (χ1) is 17.2. The van der Waals surface area contributed by atoms with E-state index in [9.17, 15) is 4.79 Å². The highest BCUT2D eigenvalue weighted by Gasteiger charge is 2.21. The summed E-state index contributed by atoms with van der Waals surface area (Å²) >= 11 is 0. The number of ketones is 1. The average molecular weight is 469 g/mol. The lowest BCUT2D eigenvalue weighted by molar-refractivity contribution is -0.120. The number of carbonyl (C=O) groups is 1. The van der Waals surface area contributed by atoms with E-state index in [2.05, 4.69) is 44.5 Å². The van der Waals surface area contributed by atoms with Crippen LogP contribution in [0.4, 0.5) is 11.4 Å². The fraction of sp³-hybridized carbons (Fsp3) is 0.357. The quantitative estimate of drug-likeness (QED) is 0.514. The van der Waals surface area contributed by atoms with Crippen molar-refractivity contribution >= 4 is 40.0 Å². The van der Waals surface area contributed by atoms with Crippen LogP contribution in [0.3, 0.4) is 0 Å². The van der Waals surface area contributed by atoms with Crippen LogP contribution < -0.4 is 16.0 Å². The van der Waals surface area contributed by atoms with Crippen molar-refractivity contribution in [2.75, 3.05) is 23.3 Å². The van der Waals surface area contributed by atoms with Gasteiger partial charge in [-0.2, -0.15) is 0 Å². The zero-order valence-corrected chi connectivity index (χ0v) is 19.9. The van der Waals surface area contributed by atoms with E-state index in [1.165, 1.54) is 5.69 Å². The molecule has 0 bridgehead atoms. The number of nitrogens with zero attached hydrogens (tertiary/aromatic N) is 4. The van der Waals surface area contributed by atoms with E-state index in [1.54, 1.807) is 12.4 Å². The van der Waals surface area contributed by atoms with Crippen LogP contribution >= 0.6 is 0 Å². The van der Waals surface area contributed by atoms with Gasteiger partial charge in [-0.1, -0.05) is 18.2 Å². The van der Waals surface area contributed by atoms with E-state index in [1.807, 2.05) is 30.5 Å². The number of nitrogens with one attached hydrogen (secondary N) is 1. The largest absolute Gasteiger partial charge is 0.404 e. The number of Topliss-reactive ketones (excluding diaryl/α,β-unsaturated/α-hetero) is 1. The summed E-state index contributed by atoms with van der Waals surface area (Å²) in [5.41, 5.74) is 11.4. The van der Waals surface area contributed by atoms with Crippen molar-refractivity contribution in [3.63, 3.8) is 0 Å². The second-order valence-corrected chi connectivity index (χ2v) is 9.39. The lowest BCUT2D eigenvalue weighted by Crippen LogP contribution is -2.35. The van der Waals surface area contributed by atoms with Gasteiger partial charge in [0.05, 0.1) is 29.0 Å². The molecule has 1 saturated heterocycles. The fourth-order valence-corrected chi connectivity index (χ4v) is 4.93. The normalized spacial score (nSPS) is 20.0. The number of piperidine rings is 1. The van der Waals surface area contributed by atoms with Gasteiger partial charge < -0.3 is 16.0 Å². The lowest BCUT2D eigenvalue weighted by atomic mass is 9.94. The summed E-state index contributed by atoms with van der Waals surface area (Å²) in [6, 6.07) is 16.9. The van der Waals surface area contributed by atoms with Crippen LogP contribution in [0.15, 0.2) is 65.9 Å². The number of allylic oxidation sites excluding steroid dienone is 1. The number of hydrogen-bond donors (Lipinski definition) is 2. The molecule has 0 amide bonds. The highest BCUT2D eigenvalue weighted by Crippen LogP contribution is 2.26. The lowest BCUT2D eigenvalue weighted by Gasteiger charge is -2.32. The molecule has 2 aromatic carbocycles. The molecule has 0 radical (unpaired) electrons. The summed E-state index contributed by atoms with van der Waals surface area (Å²) in [5.74, 6) is 0.368. The van der Waals surface area contributed by atoms with Crippen molar-refractivity contribution in [3.05, 3.63) is 66.6 Å². The molecule has 2 fully saturated rings. The Hall–Kier alpha value is -3.74. The predicted octanol–water partition coefficient (Wildman–Crippen LogP) is 4.59. The second kappa shape index (κ2) is 10.7. The minimum Gasteiger partial charge on any atom is -0.404 e. The second-order valence-electron chi connectivity index (χ2n) is 9.39. The Morgan fingerprint density at radius 1 is 1.09 bits per heavy atom. The topological polar surface area (TPSA) is 96.5 Å². The number of aliphatic imine (C=N–C) groups is 1. The maximum Gasteiger partial charge on any atom is 0.134 e. The maximum absolute atomic E-state index is 11.8. The first-order valence-corrected chi connectivity index (χ1v) is 12.5. The molecule has 1 aliphatic carbocycles. The number of anilines is 2. The Morgan fingerprint density at radius 3 is 2.71 bits per heavy atom. The molecule has 1 aliphatic heterocycles. The van der Waals surface area contributed by atoms with Gasteiger partial charge in [0.15, 0.2) is 0 Å². The summed E-state index contributed by atoms with van der Waals surface area (Å²) in [4.78, 5) is 28.2. The molecular weight excluding hydrogens is 436 g/mol. The van der Waals surface area contributed by atoms with E-state index < -0.39 is 0 Å². The molecular formula is C28H32N6O. The van der Waals surface area contributed by atoms with Gasteiger partial charge in [-0.25, -0.2) is 4.98 Å². The number of carbonyl (C=O) groups excluding carboxylic acids is 1. The van der Waals surface area contributed by atoms with Gasteiger partial charge in [0.2, 0.25) is 0 Å². The number of rotatable bonds is 6. The van der Waals surface area contributed by atoms with Gasteiger partial charge in [-0.15, -0.1) is 0 Å². The molecule has 7 nitrogen and oxygen atoms in total. The van der Waals surface area contributed by atoms with Crippen LogP contribution in [0, 0.1) is 0 Å². The summed E-state index contributed by atoms with van der Waals surface area (Å²) in [7, 11) is 0. The summed E-state index contributed by atoms with van der Waals surface area (Å²) in [6.07, 6.45) is 10.5. The number of fused-ring (bicyclic) bond motifs is 1. The SMILES string of the molecule is NC=C(C=NC1CCN(c2cccc(NC3CCCC(=O)C3)c2)CC1)c1cnc2ccccc2n1. The summed E-state index contributed by atoms with van der Waals surface area (Å²) < 4.78 is 0. The molecule has 1 saturated carbocycles. The Kier molecular flexibility index (Phi) is 7.02. The van der Waals surface area contributed by atoms with E-state index in [0.29, 0.717) is 12.2 Å². The first kappa shape index (κ1) is 23.0. The average Bonchev–Trinajstić information content (AvgIpc) is 2.89. The molecule has 2 heterocycles. The van der Waals surface area contributed by atoms with Crippen LogP contribution in [0.25, 0.3) is 16.6 Å². The molecule has 1 atom stereocenters. The highest BCUT2D eigenvalue weighted by atomic mass is 16.1. The highest BCUT2D eigenvalue weighted by molar-refractivity contribution is 6.09. The van der Waals surface area contributed by atoms with Gasteiger partial charge in [0.1, 0.15) is 5.78 Å². The molecule has 5 rings (SSSR count). The van der Waals surface area contributed by atoms with E-state index in [4.69, 9.17) is 10.7 Å². The molecule has 1 aromatic heterocycles. The molecule has 1 unspecified atom stereocenters. The summed E-state index contributed by atoms with van der Waals surface area (Å²) in [6.45, 7) is 1.90. The van der Waals surface area contributed by atoms with Gasteiger partial charge in [0.25, 0.3) is 0 Å². The molecule has 3 N–H and O–H groups in total. The third-order valence-corrected chi connectivity index (χ3v) is 6.88. The molecule has 180 valence electrons. The van der Waals surface area contributed by atoms with Gasteiger partial charge in [0, 0.05) is 61.3 Å². The Balaban J connectivity index is 1.18. The van der Waals surface area contributed by atoms with Crippen LogP contribution in [0.1, 0.15) is 44.2 Å². The van der Waals surface area contributed by atoms with Crippen molar-refractivity contribution in [1.29, 1.82) is 0 Å². The Bertz CT molecular complexity index is 1240. The number of aromatic nitrogens is 2. The minimum atomic E-state index is 0.253. The minimum absolute atomic E-state index is 0.253. The van der Waals surface area contributed by atoms with Gasteiger partial charge >= 0.3 is 0 Å². The number of hydrogen-bond acceptors (Lipinski definition) is 7. The van der Waals surface area contributed by atoms with Gasteiger partial charge in [-0.05, 0) is 56.0 Å². The van der Waals surface area contributed by atoms with Crippen molar-refractivity contribution in [3.8, 4) is 0 Å². The number of para-hydroxylation sites is 2. The third kappa shape index (κ3) is 5.67. The monoisotopic (exact) mass is 468 g/mol. The third-order valence-electron chi connectivity index (χ3n) is 6.88. The van der Waals surface area contributed by atoms with Crippen molar-refractivity contribution in [2.45, 2.75) is 50.6 Å². The van der Waals surface area contributed by atoms with Crippen LogP contribution in [0.2, 0.25) is 0 Å². The summed E-state index contributed by atoms with van der Waals surface area (Å²) in [5, 5.41) is 3.57. The van der Waals surface area contributed by atoms with Crippen molar-refractivity contribution in [2.24, 2.45) is 10.7 Å². The van der Waals surface area contributed by atoms with Crippen molar-refractivity contribution in [1.82, 2.24) is 9.97 Å². The molecule has 35 heavy (non-hydrogen) atoms. The van der Waals surface area contributed by atoms with Crippen molar-refractivity contribution < 1.29 is 4.79 Å². The van der Waals surface area contributed by atoms with E-state index >= 15 is 0 Å². The molecule has 7 heteroatoms. The van der Waals surface area contributed by atoms with E-state index in [-0.39, 0.29) is 12.1 Å². The maximum atomic E-state index is 11.8. The first-order valence-electron chi connectivity index (χ1n) is 12.5. The van der Waals surface area contributed by atoms with Crippen LogP contribution in [0.5, 0.6) is 0 Å². The zero-order valence-electron chi connectivity index (χ0n) is 19.9. The standard InChI is InChI=1S/C28H32N6O/c29-17-20(28-19-31-26-9-1-2-10-27(26)33-28)18-30-21-11-13-34(14-12-21)24-7-3-5-22(15-24)32-23-6-4-8-25(35)16-23/h1-3,5,7,9-10,15,17-19,21,23,32H,4,6,8,11-14,16,29H2. The van der Waals surface area contributed by atoms with Gasteiger partial charge in [-0.3, -0.25) is 14.8 Å².